The standard InChI is InChI=1S/C17H22N4O2/c1-20-13-15(11-19-20)17(22)18-12-16(14-5-3-2-4-6-14)21-7-9-23-10-8-21/h2-6,11,13,16H,7-10,12H2,1H3,(H,18,22). The number of nitrogens with zero attached hydrogens (tertiary/aromatic N) is 3. The summed E-state index contributed by atoms with van der Waals surface area (Å²) in [5.74, 6) is -0.0905. The molecule has 122 valence electrons. The lowest BCUT2D eigenvalue weighted by Gasteiger charge is -2.34. The van der Waals surface area contributed by atoms with E-state index < -0.39 is 0 Å². The third kappa shape index (κ3) is 3.97. The molecule has 6 heteroatoms. The summed E-state index contributed by atoms with van der Waals surface area (Å²) in [6.07, 6.45) is 3.31. The van der Waals surface area contributed by atoms with Crippen LogP contribution < -0.4 is 5.32 Å². The van der Waals surface area contributed by atoms with E-state index in [2.05, 4.69) is 27.4 Å². The Kier molecular flexibility index (Phi) is 5.05. The molecular weight excluding hydrogens is 292 g/mol. The lowest BCUT2D eigenvalue weighted by Crippen LogP contribution is -2.43. The largest absolute Gasteiger partial charge is 0.379 e. The van der Waals surface area contributed by atoms with Crippen molar-refractivity contribution in [1.82, 2.24) is 20.0 Å². The van der Waals surface area contributed by atoms with Crippen molar-refractivity contribution in [2.45, 2.75) is 6.04 Å². The molecule has 3 rings (SSSR count). The summed E-state index contributed by atoms with van der Waals surface area (Å²) in [7, 11) is 1.80. The third-order valence-corrected chi connectivity index (χ3v) is 4.09. The van der Waals surface area contributed by atoms with E-state index in [4.69, 9.17) is 4.74 Å². The van der Waals surface area contributed by atoms with Crippen molar-refractivity contribution in [1.29, 1.82) is 0 Å². The second-order valence-corrected chi connectivity index (χ2v) is 5.69. The van der Waals surface area contributed by atoms with E-state index in [0.717, 1.165) is 26.3 Å². The highest BCUT2D eigenvalue weighted by atomic mass is 16.5. The van der Waals surface area contributed by atoms with Gasteiger partial charge in [0.05, 0.1) is 31.0 Å². The van der Waals surface area contributed by atoms with Crippen LogP contribution in [-0.2, 0) is 11.8 Å². The number of rotatable bonds is 5. The first-order valence-electron chi connectivity index (χ1n) is 7.87. The van der Waals surface area contributed by atoms with Gasteiger partial charge in [0.2, 0.25) is 0 Å². The number of carbonyl (C=O) groups is 1. The zero-order valence-corrected chi connectivity index (χ0v) is 13.3. The van der Waals surface area contributed by atoms with Crippen molar-refractivity contribution in [2.24, 2.45) is 7.05 Å². The fourth-order valence-electron chi connectivity index (χ4n) is 2.85. The molecule has 23 heavy (non-hydrogen) atoms. The Morgan fingerprint density at radius 2 is 2.04 bits per heavy atom. The lowest BCUT2D eigenvalue weighted by molar-refractivity contribution is 0.0162. The van der Waals surface area contributed by atoms with Crippen LogP contribution in [0.1, 0.15) is 22.0 Å². The number of aromatic nitrogens is 2. The highest BCUT2D eigenvalue weighted by Gasteiger charge is 2.23. The smallest absolute Gasteiger partial charge is 0.254 e. The van der Waals surface area contributed by atoms with Gasteiger partial charge < -0.3 is 10.1 Å². The quantitative estimate of drug-likeness (QED) is 0.901. The zero-order chi connectivity index (χ0) is 16.1. The normalized spacial score (nSPS) is 16.9. The summed E-state index contributed by atoms with van der Waals surface area (Å²) in [4.78, 5) is 14.6. The number of carbonyl (C=O) groups excluding carboxylic acids is 1. The molecule has 1 amide bonds. The van der Waals surface area contributed by atoms with Crippen molar-refractivity contribution < 1.29 is 9.53 Å². The third-order valence-electron chi connectivity index (χ3n) is 4.09. The summed E-state index contributed by atoms with van der Waals surface area (Å²) >= 11 is 0. The molecule has 1 N–H and O–H groups in total. The summed E-state index contributed by atoms with van der Waals surface area (Å²) in [5, 5.41) is 7.08. The first-order chi connectivity index (χ1) is 11.2. The number of hydrogen-bond donors (Lipinski definition) is 1. The Bertz CT molecular complexity index is 635. The number of aryl methyl sites for hydroxylation is 1. The maximum atomic E-state index is 12.3. The van der Waals surface area contributed by atoms with E-state index in [1.807, 2.05) is 18.2 Å². The summed E-state index contributed by atoms with van der Waals surface area (Å²) in [5.41, 5.74) is 1.79. The fourth-order valence-corrected chi connectivity index (χ4v) is 2.85. The first-order valence-corrected chi connectivity index (χ1v) is 7.87. The lowest BCUT2D eigenvalue weighted by atomic mass is 10.0. The van der Waals surface area contributed by atoms with Crippen molar-refractivity contribution in [2.75, 3.05) is 32.8 Å². The van der Waals surface area contributed by atoms with Crippen LogP contribution in [-0.4, -0.2) is 53.4 Å². The van der Waals surface area contributed by atoms with Crippen LogP contribution >= 0.6 is 0 Å². The molecule has 1 fully saturated rings. The molecule has 0 spiro atoms. The van der Waals surface area contributed by atoms with Gasteiger partial charge in [-0.3, -0.25) is 14.4 Å². The average Bonchev–Trinajstić information content (AvgIpc) is 3.03. The highest BCUT2D eigenvalue weighted by molar-refractivity contribution is 5.93. The summed E-state index contributed by atoms with van der Waals surface area (Å²) in [6.45, 7) is 3.79. The molecule has 0 bridgehead atoms. The van der Waals surface area contributed by atoms with Crippen LogP contribution in [0.4, 0.5) is 0 Å². The predicted octanol–water partition coefficient (Wildman–Crippen LogP) is 1.22. The topological polar surface area (TPSA) is 59.4 Å². The highest BCUT2D eigenvalue weighted by Crippen LogP contribution is 2.21. The van der Waals surface area contributed by atoms with Crippen LogP contribution in [0.25, 0.3) is 0 Å². The number of amides is 1. The average molecular weight is 314 g/mol. The second-order valence-electron chi connectivity index (χ2n) is 5.69. The van der Waals surface area contributed by atoms with E-state index >= 15 is 0 Å². The van der Waals surface area contributed by atoms with E-state index in [-0.39, 0.29) is 11.9 Å². The molecule has 1 saturated heterocycles. The van der Waals surface area contributed by atoms with Crippen LogP contribution in [0, 0.1) is 0 Å². The van der Waals surface area contributed by atoms with Gasteiger partial charge >= 0.3 is 0 Å². The maximum absolute atomic E-state index is 12.3. The Morgan fingerprint density at radius 1 is 1.30 bits per heavy atom. The molecule has 0 radical (unpaired) electrons. The van der Waals surface area contributed by atoms with E-state index in [1.54, 1.807) is 24.1 Å². The number of nitrogens with one attached hydrogen (secondary N) is 1. The second kappa shape index (κ2) is 7.39. The van der Waals surface area contributed by atoms with Crippen molar-refractivity contribution in [3.63, 3.8) is 0 Å². The summed E-state index contributed by atoms with van der Waals surface area (Å²) in [6, 6.07) is 10.4. The van der Waals surface area contributed by atoms with Gasteiger partial charge in [0.25, 0.3) is 5.91 Å². The molecule has 1 aromatic heterocycles. The van der Waals surface area contributed by atoms with Gasteiger partial charge in [-0.1, -0.05) is 30.3 Å². The molecule has 2 heterocycles. The Morgan fingerprint density at radius 3 is 2.70 bits per heavy atom. The molecule has 6 nitrogen and oxygen atoms in total. The minimum Gasteiger partial charge on any atom is -0.379 e. The molecular formula is C17H22N4O2. The minimum atomic E-state index is -0.0905. The van der Waals surface area contributed by atoms with Gasteiger partial charge in [-0.05, 0) is 5.56 Å². The van der Waals surface area contributed by atoms with E-state index in [0.29, 0.717) is 12.1 Å². The van der Waals surface area contributed by atoms with Crippen LogP contribution in [0.5, 0.6) is 0 Å². The van der Waals surface area contributed by atoms with Gasteiger partial charge in [-0.25, -0.2) is 0 Å². The van der Waals surface area contributed by atoms with Crippen LogP contribution in [0.3, 0.4) is 0 Å². The number of hydrogen-bond acceptors (Lipinski definition) is 4. The Balaban J connectivity index is 1.69. The molecule has 0 aliphatic carbocycles. The van der Waals surface area contributed by atoms with E-state index in [9.17, 15) is 4.79 Å². The van der Waals surface area contributed by atoms with Gasteiger partial charge in [0.15, 0.2) is 0 Å². The zero-order valence-electron chi connectivity index (χ0n) is 13.3. The maximum Gasteiger partial charge on any atom is 0.254 e. The van der Waals surface area contributed by atoms with Gasteiger partial charge in [-0.2, -0.15) is 5.10 Å². The molecule has 1 unspecified atom stereocenters. The molecule has 1 aliphatic heterocycles. The van der Waals surface area contributed by atoms with Crippen molar-refractivity contribution in [3.05, 3.63) is 53.9 Å². The summed E-state index contributed by atoms with van der Waals surface area (Å²) < 4.78 is 7.07. The van der Waals surface area contributed by atoms with Crippen molar-refractivity contribution >= 4 is 5.91 Å². The van der Waals surface area contributed by atoms with Gasteiger partial charge in [0.1, 0.15) is 0 Å². The number of benzene rings is 1. The number of morpholine rings is 1. The molecule has 1 atom stereocenters. The predicted molar refractivity (Wildman–Crippen MR) is 87.1 cm³/mol. The first kappa shape index (κ1) is 15.7. The van der Waals surface area contributed by atoms with E-state index in [1.165, 1.54) is 5.56 Å². The molecule has 2 aromatic rings. The molecule has 0 saturated carbocycles. The molecule has 1 aliphatic rings. The Labute approximate surface area is 136 Å². The van der Waals surface area contributed by atoms with Gasteiger partial charge in [0, 0.05) is 32.9 Å². The van der Waals surface area contributed by atoms with Crippen LogP contribution in [0.2, 0.25) is 0 Å². The van der Waals surface area contributed by atoms with Gasteiger partial charge in [-0.15, -0.1) is 0 Å². The SMILES string of the molecule is Cn1cc(C(=O)NCC(c2ccccc2)N2CCOCC2)cn1. The number of ether oxygens (including phenoxy) is 1. The van der Waals surface area contributed by atoms with Crippen LogP contribution in [0.15, 0.2) is 42.7 Å². The Hall–Kier alpha value is -2.18. The molecule has 1 aromatic carbocycles. The monoisotopic (exact) mass is 314 g/mol. The fraction of sp³-hybridized carbons (Fsp3) is 0.412. The van der Waals surface area contributed by atoms with Crippen molar-refractivity contribution in [3.8, 4) is 0 Å². The minimum absolute atomic E-state index is 0.0905.